The second kappa shape index (κ2) is 9.71. The van der Waals surface area contributed by atoms with Gasteiger partial charge in [-0.15, -0.1) is 0 Å². The second-order valence-electron chi connectivity index (χ2n) is 6.24. The molecule has 1 amide bonds. The molecule has 0 saturated heterocycles. The highest BCUT2D eigenvalue weighted by molar-refractivity contribution is 7.80. The molecule has 0 spiro atoms. The Labute approximate surface area is 188 Å². The van der Waals surface area contributed by atoms with Crippen LogP contribution in [0.3, 0.4) is 0 Å². The fourth-order valence-corrected chi connectivity index (χ4v) is 3.26. The number of nitrogens with one attached hydrogen (secondary N) is 2. The van der Waals surface area contributed by atoms with E-state index < -0.39 is 5.91 Å². The molecule has 1 aromatic heterocycles. The molecular weight excluding hydrogens is 443 g/mol. The number of anilines is 1. The van der Waals surface area contributed by atoms with Gasteiger partial charge in [0.15, 0.2) is 10.9 Å². The van der Waals surface area contributed by atoms with E-state index in [1.807, 2.05) is 0 Å². The molecule has 0 saturated carbocycles. The zero-order valence-corrected chi connectivity index (χ0v) is 18.1. The first kappa shape index (κ1) is 21.8. The Hall–Kier alpha value is -2.93. The first-order valence-electron chi connectivity index (χ1n) is 8.78. The largest absolute Gasteiger partial charge is 0.457 e. The third-order valence-electron chi connectivity index (χ3n) is 4.01. The lowest BCUT2D eigenvalue weighted by Crippen LogP contribution is -2.32. The molecule has 0 aliphatic carbocycles. The van der Waals surface area contributed by atoms with Gasteiger partial charge in [0.2, 0.25) is 5.91 Å². The fraction of sp³-hybridized carbons (Fsp3) is 0.0455. The Morgan fingerprint density at radius 3 is 2.43 bits per heavy atom. The molecule has 0 bridgehead atoms. The van der Waals surface area contributed by atoms with Crippen LogP contribution in [0.15, 0.2) is 65.1 Å². The van der Waals surface area contributed by atoms with E-state index in [0.717, 1.165) is 0 Å². The Morgan fingerprint density at radius 2 is 1.77 bits per heavy atom. The first-order chi connectivity index (χ1) is 14.3. The van der Waals surface area contributed by atoms with Crippen LogP contribution in [0.2, 0.25) is 10.0 Å². The molecule has 0 atom stereocenters. The third kappa shape index (κ3) is 5.79. The van der Waals surface area contributed by atoms with Gasteiger partial charge in [-0.1, -0.05) is 23.2 Å². The molecule has 0 radical (unpaired) electrons. The lowest BCUT2D eigenvalue weighted by atomic mass is 10.1. The first-order valence-corrected chi connectivity index (χ1v) is 9.94. The van der Waals surface area contributed by atoms with Crippen molar-refractivity contribution in [3.8, 4) is 11.3 Å². The van der Waals surface area contributed by atoms with Crippen molar-refractivity contribution in [2.75, 3.05) is 5.32 Å². The zero-order valence-electron chi connectivity index (χ0n) is 15.7. The van der Waals surface area contributed by atoms with Gasteiger partial charge in [-0.25, -0.2) is 0 Å². The van der Waals surface area contributed by atoms with Crippen LogP contribution in [0.1, 0.15) is 23.0 Å². The number of hydrogen-bond donors (Lipinski definition) is 2. The smallest absolute Gasteiger partial charge is 0.250 e. The van der Waals surface area contributed by atoms with Crippen LogP contribution in [0.4, 0.5) is 5.69 Å². The lowest BCUT2D eigenvalue weighted by Gasteiger charge is -2.08. The van der Waals surface area contributed by atoms with Gasteiger partial charge in [0.1, 0.15) is 11.5 Å². The second-order valence-corrected chi connectivity index (χ2v) is 7.49. The maximum absolute atomic E-state index is 12.1. The van der Waals surface area contributed by atoms with E-state index in [-0.39, 0.29) is 10.9 Å². The van der Waals surface area contributed by atoms with Crippen molar-refractivity contribution in [2.24, 2.45) is 0 Å². The molecule has 5 nitrogen and oxygen atoms in total. The molecule has 3 rings (SSSR count). The van der Waals surface area contributed by atoms with Crippen LogP contribution in [-0.4, -0.2) is 16.8 Å². The number of halogens is 2. The van der Waals surface area contributed by atoms with Gasteiger partial charge in [0, 0.05) is 27.9 Å². The maximum atomic E-state index is 12.1. The van der Waals surface area contributed by atoms with Crippen molar-refractivity contribution in [3.63, 3.8) is 0 Å². The Kier molecular flexibility index (Phi) is 7.05. The zero-order chi connectivity index (χ0) is 21.7. The van der Waals surface area contributed by atoms with Gasteiger partial charge in [-0.05, 0) is 79.8 Å². The number of rotatable bonds is 5. The molecule has 1 heterocycles. The highest BCUT2D eigenvalue weighted by atomic mass is 35.5. The molecular formula is C22H16Cl2N2O3S. The summed E-state index contributed by atoms with van der Waals surface area (Å²) in [5.41, 5.74) is 1.95. The molecule has 0 fully saturated rings. The van der Waals surface area contributed by atoms with E-state index in [4.69, 9.17) is 39.8 Å². The van der Waals surface area contributed by atoms with E-state index >= 15 is 0 Å². The highest BCUT2D eigenvalue weighted by Gasteiger charge is 2.09. The van der Waals surface area contributed by atoms with Gasteiger partial charge in [-0.2, -0.15) is 0 Å². The van der Waals surface area contributed by atoms with Crippen molar-refractivity contribution >= 4 is 64.0 Å². The summed E-state index contributed by atoms with van der Waals surface area (Å²) in [6, 6.07) is 15.3. The van der Waals surface area contributed by atoms with E-state index in [1.165, 1.54) is 19.1 Å². The maximum Gasteiger partial charge on any atom is 0.250 e. The summed E-state index contributed by atoms with van der Waals surface area (Å²) < 4.78 is 5.70. The molecule has 3 aromatic rings. The van der Waals surface area contributed by atoms with E-state index in [0.29, 0.717) is 38.4 Å². The standard InChI is InChI=1S/C22H16Cl2N2O3S/c1-13(27)14-2-5-16(6-3-14)25-22(30)26-21(28)11-8-17-7-10-20(29-17)18-9-4-15(23)12-19(18)24/h2-12H,1H3,(H2,25,26,28,30)/b11-8+. The topological polar surface area (TPSA) is 71.3 Å². The number of amides is 1. The van der Waals surface area contributed by atoms with Gasteiger partial charge in [0.05, 0.1) is 5.02 Å². The van der Waals surface area contributed by atoms with Crippen molar-refractivity contribution in [1.29, 1.82) is 0 Å². The third-order valence-corrected chi connectivity index (χ3v) is 4.76. The van der Waals surface area contributed by atoms with Crippen LogP contribution in [-0.2, 0) is 4.79 Å². The quantitative estimate of drug-likeness (QED) is 0.279. The summed E-state index contributed by atoms with van der Waals surface area (Å²) in [6.07, 6.45) is 2.83. The number of carbonyl (C=O) groups is 2. The Bertz CT molecular complexity index is 1140. The van der Waals surface area contributed by atoms with Gasteiger partial charge in [0.25, 0.3) is 0 Å². The molecule has 2 N–H and O–H groups in total. The van der Waals surface area contributed by atoms with Gasteiger partial charge in [-0.3, -0.25) is 14.9 Å². The summed E-state index contributed by atoms with van der Waals surface area (Å²) >= 11 is 17.2. The number of furan rings is 1. The summed E-state index contributed by atoms with van der Waals surface area (Å²) in [7, 11) is 0. The molecule has 0 aliphatic rings. The summed E-state index contributed by atoms with van der Waals surface area (Å²) in [4.78, 5) is 23.4. The van der Waals surface area contributed by atoms with Crippen LogP contribution >= 0.6 is 35.4 Å². The molecule has 152 valence electrons. The monoisotopic (exact) mass is 458 g/mol. The Morgan fingerprint density at radius 1 is 1.03 bits per heavy atom. The van der Waals surface area contributed by atoms with Crippen molar-refractivity contribution in [1.82, 2.24) is 5.32 Å². The molecule has 0 aliphatic heterocycles. The number of benzene rings is 2. The number of thiocarbonyl (C=S) groups is 1. The van der Waals surface area contributed by atoms with Gasteiger partial charge >= 0.3 is 0 Å². The summed E-state index contributed by atoms with van der Waals surface area (Å²) in [5, 5.41) is 6.56. The normalized spacial score (nSPS) is 10.8. The minimum absolute atomic E-state index is 0.0259. The van der Waals surface area contributed by atoms with Crippen LogP contribution in [0.25, 0.3) is 17.4 Å². The molecule has 8 heteroatoms. The number of carbonyl (C=O) groups excluding carboxylic acids is 2. The molecule has 2 aromatic carbocycles. The molecule has 0 unspecified atom stereocenters. The fourth-order valence-electron chi connectivity index (χ4n) is 2.54. The van der Waals surface area contributed by atoms with Crippen molar-refractivity contribution in [2.45, 2.75) is 6.92 Å². The number of Topliss-reactive ketones (excluding diaryl/α,β-unsaturated/α-hetero) is 1. The minimum Gasteiger partial charge on any atom is -0.457 e. The van der Waals surface area contributed by atoms with Crippen LogP contribution < -0.4 is 10.6 Å². The van der Waals surface area contributed by atoms with E-state index in [9.17, 15) is 9.59 Å². The Balaban J connectivity index is 1.57. The van der Waals surface area contributed by atoms with Crippen LogP contribution in [0.5, 0.6) is 0 Å². The number of ketones is 1. The van der Waals surface area contributed by atoms with Gasteiger partial charge < -0.3 is 9.73 Å². The van der Waals surface area contributed by atoms with Crippen LogP contribution in [0, 0.1) is 0 Å². The van der Waals surface area contributed by atoms with Crippen molar-refractivity contribution in [3.05, 3.63) is 82.0 Å². The summed E-state index contributed by atoms with van der Waals surface area (Å²) in [6.45, 7) is 1.49. The SMILES string of the molecule is CC(=O)c1ccc(NC(=S)NC(=O)/C=C/c2ccc(-c3ccc(Cl)cc3Cl)o2)cc1. The average Bonchev–Trinajstić information content (AvgIpc) is 3.15. The molecule has 30 heavy (non-hydrogen) atoms. The highest BCUT2D eigenvalue weighted by Crippen LogP contribution is 2.31. The average molecular weight is 459 g/mol. The lowest BCUT2D eigenvalue weighted by molar-refractivity contribution is -0.115. The number of hydrogen-bond acceptors (Lipinski definition) is 4. The van der Waals surface area contributed by atoms with E-state index in [2.05, 4.69) is 10.6 Å². The predicted molar refractivity (Wildman–Crippen MR) is 124 cm³/mol. The minimum atomic E-state index is -0.421. The summed E-state index contributed by atoms with van der Waals surface area (Å²) in [5.74, 6) is 0.588. The van der Waals surface area contributed by atoms with Crippen molar-refractivity contribution < 1.29 is 14.0 Å². The van der Waals surface area contributed by atoms with E-state index in [1.54, 1.807) is 54.6 Å². The predicted octanol–water partition coefficient (Wildman–Crippen LogP) is 5.98.